The van der Waals surface area contributed by atoms with Crippen molar-refractivity contribution in [1.82, 2.24) is 10.6 Å². The van der Waals surface area contributed by atoms with Crippen LogP contribution in [-0.2, 0) is 16.0 Å². The summed E-state index contributed by atoms with van der Waals surface area (Å²) in [6.07, 6.45) is 3.72. The van der Waals surface area contributed by atoms with Gasteiger partial charge in [0.2, 0.25) is 0 Å². The number of benzene rings is 1. The quantitative estimate of drug-likeness (QED) is 0.387. The molecule has 1 saturated heterocycles. The molecule has 126 valence electrons. The first-order valence-electron chi connectivity index (χ1n) is 6.95. The van der Waals surface area contributed by atoms with Crippen LogP contribution in [0.5, 0.6) is 11.5 Å². The van der Waals surface area contributed by atoms with E-state index >= 15 is 0 Å². The van der Waals surface area contributed by atoms with Gasteiger partial charge in [-0.25, -0.2) is 4.79 Å². The molecule has 1 heterocycles. The Kier molecular flexibility index (Phi) is 5.54. The lowest BCUT2D eigenvalue weighted by Gasteiger charge is -2.14. The molecule has 7 nitrogen and oxygen atoms in total. The summed E-state index contributed by atoms with van der Waals surface area (Å²) in [6, 6.07) is 3.41. The molecular weight excluding hydrogens is 332 g/mol. The maximum atomic E-state index is 11.7. The Morgan fingerprint density at radius 1 is 1.42 bits per heavy atom. The summed E-state index contributed by atoms with van der Waals surface area (Å²) < 4.78 is 10.6. The molecule has 3 N–H and O–H groups in total. The van der Waals surface area contributed by atoms with Crippen LogP contribution in [0.2, 0.25) is 0 Å². The summed E-state index contributed by atoms with van der Waals surface area (Å²) in [5, 5.41) is 14.3. The van der Waals surface area contributed by atoms with Crippen LogP contribution in [0.1, 0.15) is 11.1 Å². The molecule has 0 aliphatic carbocycles. The average molecular weight is 348 g/mol. The van der Waals surface area contributed by atoms with E-state index in [0.717, 1.165) is 0 Å². The first kappa shape index (κ1) is 17.5. The molecule has 8 heteroatoms. The number of ether oxygens (including phenoxy) is 2. The highest BCUT2D eigenvalue weighted by atomic mass is 32.1. The monoisotopic (exact) mass is 348 g/mol. The first-order valence-corrected chi connectivity index (χ1v) is 7.36. The van der Waals surface area contributed by atoms with Crippen molar-refractivity contribution in [2.24, 2.45) is 0 Å². The van der Waals surface area contributed by atoms with Gasteiger partial charge < -0.3 is 19.9 Å². The number of hydrogen-bond acceptors (Lipinski definition) is 5. The van der Waals surface area contributed by atoms with Gasteiger partial charge in [-0.3, -0.25) is 10.1 Å². The van der Waals surface area contributed by atoms with Crippen LogP contribution < -0.4 is 20.1 Å². The number of thiocarbonyl (C=S) groups is 1. The van der Waals surface area contributed by atoms with E-state index in [1.807, 2.05) is 0 Å². The van der Waals surface area contributed by atoms with Crippen molar-refractivity contribution in [3.8, 4) is 11.5 Å². The van der Waals surface area contributed by atoms with Gasteiger partial charge in [0.25, 0.3) is 5.91 Å². The van der Waals surface area contributed by atoms with Crippen LogP contribution >= 0.6 is 12.2 Å². The fraction of sp³-hybridized carbons (Fsp3) is 0.188. The zero-order valence-corrected chi connectivity index (χ0v) is 13.7. The molecule has 1 aromatic rings. The van der Waals surface area contributed by atoms with E-state index in [9.17, 15) is 9.59 Å². The highest BCUT2D eigenvalue weighted by molar-refractivity contribution is 7.80. The maximum absolute atomic E-state index is 11.7. The topological polar surface area (TPSA) is 96.9 Å². The van der Waals surface area contributed by atoms with Crippen LogP contribution in [0.25, 0.3) is 6.08 Å². The van der Waals surface area contributed by atoms with Gasteiger partial charge in [-0.1, -0.05) is 6.08 Å². The second-order valence-electron chi connectivity index (χ2n) is 4.85. The predicted octanol–water partition coefficient (Wildman–Crippen LogP) is 1.23. The van der Waals surface area contributed by atoms with Gasteiger partial charge in [0.1, 0.15) is 5.70 Å². The zero-order valence-electron chi connectivity index (χ0n) is 12.9. The zero-order chi connectivity index (χ0) is 17.7. The number of carboxylic acid groups (broad SMARTS) is 1. The lowest BCUT2D eigenvalue weighted by atomic mass is 10.0. The fourth-order valence-corrected chi connectivity index (χ4v) is 2.38. The van der Waals surface area contributed by atoms with E-state index < -0.39 is 12.6 Å². The van der Waals surface area contributed by atoms with E-state index in [-0.39, 0.29) is 11.0 Å². The van der Waals surface area contributed by atoms with Gasteiger partial charge >= 0.3 is 5.97 Å². The highest BCUT2D eigenvalue weighted by Gasteiger charge is 2.21. The van der Waals surface area contributed by atoms with Gasteiger partial charge in [0.15, 0.2) is 23.2 Å². The Hall–Kier alpha value is -2.87. The maximum Gasteiger partial charge on any atom is 0.341 e. The number of carboxylic acids is 1. The summed E-state index contributed by atoms with van der Waals surface area (Å²) >= 11 is 4.89. The molecule has 0 aromatic heterocycles. The molecule has 1 fully saturated rings. The van der Waals surface area contributed by atoms with Crippen LogP contribution in [0.15, 0.2) is 30.5 Å². The molecule has 1 amide bonds. The lowest BCUT2D eigenvalue weighted by Crippen LogP contribution is -2.21. The largest absolute Gasteiger partial charge is 0.493 e. The van der Waals surface area contributed by atoms with Crippen LogP contribution in [0.4, 0.5) is 0 Å². The molecule has 1 aromatic carbocycles. The van der Waals surface area contributed by atoms with Gasteiger partial charge in [0.05, 0.1) is 7.11 Å². The minimum absolute atomic E-state index is 0.242. The van der Waals surface area contributed by atoms with Crippen molar-refractivity contribution in [1.29, 1.82) is 0 Å². The predicted molar refractivity (Wildman–Crippen MR) is 91.9 cm³/mol. The number of methoxy groups -OCH3 is 1. The van der Waals surface area contributed by atoms with Crippen molar-refractivity contribution in [2.75, 3.05) is 13.7 Å². The number of allylic oxidation sites excluding steroid dienone is 1. The normalized spacial score (nSPS) is 15.0. The second-order valence-corrected chi connectivity index (χ2v) is 5.26. The summed E-state index contributed by atoms with van der Waals surface area (Å²) in [5.41, 5.74) is 1.68. The van der Waals surface area contributed by atoms with Gasteiger partial charge in [-0.15, -0.1) is 6.58 Å². The summed E-state index contributed by atoms with van der Waals surface area (Å²) in [4.78, 5) is 22.5. The third-order valence-electron chi connectivity index (χ3n) is 3.11. The summed E-state index contributed by atoms with van der Waals surface area (Å²) in [7, 11) is 1.45. The number of aliphatic carboxylic acids is 1. The Morgan fingerprint density at radius 2 is 2.17 bits per heavy atom. The molecular formula is C16H16N2O5S. The van der Waals surface area contributed by atoms with E-state index in [1.54, 1.807) is 24.3 Å². The number of nitrogens with one attached hydrogen (secondary N) is 2. The number of amides is 1. The SMILES string of the molecule is C=CCc1cc(/C=C2\NC(=S)NC2=O)cc(OC)c1OCC(=O)O. The second kappa shape index (κ2) is 7.60. The van der Waals surface area contributed by atoms with E-state index in [2.05, 4.69) is 17.2 Å². The van der Waals surface area contributed by atoms with Crippen LogP contribution in [0, 0.1) is 0 Å². The summed E-state index contributed by atoms with van der Waals surface area (Å²) in [5.74, 6) is -0.715. The molecule has 2 rings (SSSR count). The summed E-state index contributed by atoms with van der Waals surface area (Å²) in [6.45, 7) is 3.19. The lowest BCUT2D eigenvalue weighted by molar-refractivity contribution is -0.139. The minimum atomic E-state index is -1.09. The molecule has 1 aliphatic heterocycles. The standard InChI is InChI=1S/C16H16N2O5S/c1-3-4-10-5-9(6-11-15(21)18-16(24)17-11)7-12(22-2)14(10)23-8-13(19)20/h3,5-7H,1,4,8H2,2H3,(H,19,20)(H2,17,18,21,24)/b11-6-. The van der Waals surface area contributed by atoms with E-state index in [0.29, 0.717) is 34.7 Å². The highest BCUT2D eigenvalue weighted by Crippen LogP contribution is 2.34. The van der Waals surface area contributed by atoms with Crippen molar-refractivity contribution >= 4 is 35.3 Å². The number of carbonyl (C=O) groups excluding carboxylic acids is 1. The Balaban J connectivity index is 2.43. The number of rotatable bonds is 7. The number of hydrogen-bond donors (Lipinski definition) is 3. The van der Waals surface area contributed by atoms with Crippen LogP contribution in [-0.4, -0.2) is 35.8 Å². The van der Waals surface area contributed by atoms with Crippen molar-refractivity contribution < 1.29 is 24.2 Å². The van der Waals surface area contributed by atoms with Gasteiger partial charge in [-0.05, 0) is 42.4 Å². The minimum Gasteiger partial charge on any atom is -0.493 e. The number of carbonyl (C=O) groups is 2. The van der Waals surface area contributed by atoms with E-state index in [1.165, 1.54) is 7.11 Å². The average Bonchev–Trinajstić information content (AvgIpc) is 2.83. The molecule has 0 unspecified atom stereocenters. The Labute approximate surface area is 143 Å². The van der Waals surface area contributed by atoms with Crippen molar-refractivity contribution in [2.45, 2.75) is 6.42 Å². The molecule has 0 spiro atoms. The fourth-order valence-electron chi connectivity index (χ4n) is 2.17. The van der Waals surface area contributed by atoms with Crippen LogP contribution in [0.3, 0.4) is 0 Å². The Bertz CT molecular complexity index is 742. The van der Waals surface area contributed by atoms with Gasteiger partial charge in [0, 0.05) is 5.56 Å². The van der Waals surface area contributed by atoms with Crippen molar-refractivity contribution in [3.05, 3.63) is 41.6 Å². The van der Waals surface area contributed by atoms with Gasteiger partial charge in [-0.2, -0.15) is 0 Å². The molecule has 24 heavy (non-hydrogen) atoms. The molecule has 0 bridgehead atoms. The van der Waals surface area contributed by atoms with Crippen molar-refractivity contribution in [3.63, 3.8) is 0 Å². The smallest absolute Gasteiger partial charge is 0.341 e. The third kappa shape index (κ3) is 4.11. The molecule has 0 atom stereocenters. The molecule has 0 saturated carbocycles. The van der Waals surface area contributed by atoms with E-state index in [4.69, 9.17) is 26.8 Å². The molecule has 0 radical (unpaired) electrons. The third-order valence-corrected chi connectivity index (χ3v) is 3.31. The Morgan fingerprint density at radius 3 is 2.71 bits per heavy atom. The molecule has 1 aliphatic rings. The first-order chi connectivity index (χ1) is 11.4.